The summed E-state index contributed by atoms with van der Waals surface area (Å²) in [5, 5.41) is 0. The summed E-state index contributed by atoms with van der Waals surface area (Å²) >= 11 is 3.49. The molecule has 19 heavy (non-hydrogen) atoms. The molecule has 0 aromatic heterocycles. The van der Waals surface area contributed by atoms with Crippen molar-refractivity contribution in [1.29, 1.82) is 0 Å². The van der Waals surface area contributed by atoms with E-state index in [1.54, 1.807) is 0 Å². The van der Waals surface area contributed by atoms with Gasteiger partial charge in [0.25, 0.3) is 0 Å². The van der Waals surface area contributed by atoms with E-state index < -0.39 is 0 Å². The fourth-order valence-electron chi connectivity index (χ4n) is 2.67. The summed E-state index contributed by atoms with van der Waals surface area (Å²) in [5.41, 5.74) is 5.43. The molecule has 1 nitrogen and oxygen atoms in total. The predicted molar refractivity (Wildman–Crippen MR) is 80.8 cm³/mol. The summed E-state index contributed by atoms with van der Waals surface area (Å²) in [5.74, 6) is 0.0987. The lowest BCUT2D eigenvalue weighted by atomic mass is 9.99. The van der Waals surface area contributed by atoms with Crippen LogP contribution >= 0.6 is 15.9 Å². The molecular formula is C17H15BrO. The summed E-state index contributed by atoms with van der Waals surface area (Å²) in [6.45, 7) is 2.02. The molecule has 0 saturated heterocycles. The number of benzene rings is 2. The van der Waals surface area contributed by atoms with Gasteiger partial charge in [-0.25, -0.2) is 0 Å². The normalized spacial score (nSPS) is 13.4. The van der Waals surface area contributed by atoms with Crippen LogP contribution in [0.4, 0.5) is 0 Å². The minimum absolute atomic E-state index is 0.0987. The second-order valence-corrected chi connectivity index (χ2v) is 6.00. The van der Waals surface area contributed by atoms with Gasteiger partial charge in [-0.2, -0.15) is 0 Å². The smallest absolute Gasteiger partial charge is 0.194 e. The number of rotatable bonds is 2. The number of aryl methyl sites for hydroxylation is 3. The molecule has 2 heteroatoms. The minimum Gasteiger partial charge on any atom is -0.289 e. The Kier molecular flexibility index (Phi) is 3.28. The summed E-state index contributed by atoms with van der Waals surface area (Å²) in [6, 6.07) is 12.0. The Morgan fingerprint density at radius 2 is 1.84 bits per heavy atom. The third-order valence-electron chi connectivity index (χ3n) is 3.73. The lowest BCUT2D eigenvalue weighted by Crippen LogP contribution is -2.03. The van der Waals surface area contributed by atoms with Crippen molar-refractivity contribution in [3.8, 4) is 0 Å². The fraction of sp³-hybridized carbons (Fsp3) is 0.235. The molecule has 2 aromatic carbocycles. The van der Waals surface area contributed by atoms with Crippen molar-refractivity contribution in [2.75, 3.05) is 0 Å². The molecule has 1 aliphatic carbocycles. The maximum Gasteiger partial charge on any atom is 0.194 e. The van der Waals surface area contributed by atoms with E-state index in [1.807, 2.05) is 31.2 Å². The first-order chi connectivity index (χ1) is 9.15. The molecule has 0 spiro atoms. The van der Waals surface area contributed by atoms with Crippen LogP contribution in [-0.4, -0.2) is 5.78 Å². The average molecular weight is 315 g/mol. The van der Waals surface area contributed by atoms with Gasteiger partial charge in [-0.1, -0.05) is 34.1 Å². The molecule has 0 N–H and O–H groups in total. The first kappa shape index (κ1) is 12.6. The van der Waals surface area contributed by atoms with E-state index in [4.69, 9.17) is 0 Å². The Morgan fingerprint density at radius 3 is 2.63 bits per heavy atom. The molecule has 0 radical (unpaired) electrons. The molecule has 1 aliphatic rings. The quantitative estimate of drug-likeness (QED) is 0.747. The van der Waals surface area contributed by atoms with Crippen molar-refractivity contribution < 1.29 is 4.79 Å². The standard InChI is InChI=1S/C17H15BrO/c1-11-5-8-15(16(18)9-11)17(19)14-7-6-12-3-2-4-13(12)10-14/h5-10H,2-4H2,1H3. The van der Waals surface area contributed by atoms with Crippen LogP contribution in [0.1, 0.15) is 39.0 Å². The monoisotopic (exact) mass is 314 g/mol. The Bertz CT molecular complexity index is 658. The number of hydrogen-bond donors (Lipinski definition) is 0. The zero-order chi connectivity index (χ0) is 13.4. The van der Waals surface area contributed by atoms with Crippen molar-refractivity contribution in [3.05, 3.63) is 68.7 Å². The van der Waals surface area contributed by atoms with Crippen molar-refractivity contribution in [2.45, 2.75) is 26.2 Å². The Labute approximate surface area is 121 Å². The van der Waals surface area contributed by atoms with Crippen LogP contribution in [-0.2, 0) is 12.8 Å². The first-order valence-electron chi connectivity index (χ1n) is 6.58. The fourth-order valence-corrected chi connectivity index (χ4v) is 3.35. The van der Waals surface area contributed by atoms with E-state index in [0.29, 0.717) is 0 Å². The molecule has 3 rings (SSSR count). The second-order valence-electron chi connectivity index (χ2n) is 5.15. The summed E-state index contributed by atoms with van der Waals surface area (Å²) in [7, 11) is 0. The molecule has 0 bridgehead atoms. The van der Waals surface area contributed by atoms with Gasteiger partial charge >= 0.3 is 0 Å². The summed E-state index contributed by atoms with van der Waals surface area (Å²) in [6.07, 6.45) is 3.46. The molecule has 0 fully saturated rings. The van der Waals surface area contributed by atoms with Crippen LogP contribution in [0.5, 0.6) is 0 Å². The van der Waals surface area contributed by atoms with E-state index in [-0.39, 0.29) is 5.78 Å². The Hall–Kier alpha value is -1.41. The SMILES string of the molecule is Cc1ccc(C(=O)c2ccc3c(c2)CCC3)c(Br)c1. The first-order valence-corrected chi connectivity index (χ1v) is 7.37. The third-order valence-corrected chi connectivity index (χ3v) is 4.39. The number of carbonyl (C=O) groups is 1. The highest BCUT2D eigenvalue weighted by Crippen LogP contribution is 2.26. The Balaban J connectivity index is 2.00. The largest absolute Gasteiger partial charge is 0.289 e. The highest BCUT2D eigenvalue weighted by atomic mass is 79.9. The molecule has 0 unspecified atom stereocenters. The van der Waals surface area contributed by atoms with Gasteiger partial charge in [-0.15, -0.1) is 0 Å². The molecular weight excluding hydrogens is 300 g/mol. The van der Waals surface area contributed by atoms with Crippen LogP contribution < -0.4 is 0 Å². The van der Waals surface area contributed by atoms with Crippen LogP contribution in [0.3, 0.4) is 0 Å². The molecule has 0 atom stereocenters. The maximum absolute atomic E-state index is 12.5. The van der Waals surface area contributed by atoms with E-state index in [0.717, 1.165) is 34.0 Å². The number of fused-ring (bicyclic) bond motifs is 1. The number of halogens is 1. The van der Waals surface area contributed by atoms with Gasteiger partial charge < -0.3 is 0 Å². The van der Waals surface area contributed by atoms with Gasteiger partial charge in [0.1, 0.15) is 0 Å². The summed E-state index contributed by atoms with van der Waals surface area (Å²) in [4.78, 5) is 12.5. The van der Waals surface area contributed by atoms with Gasteiger partial charge in [0.15, 0.2) is 5.78 Å². The lowest BCUT2D eigenvalue weighted by Gasteiger charge is -2.07. The third kappa shape index (κ3) is 2.37. The van der Waals surface area contributed by atoms with Gasteiger partial charge in [-0.3, -0.25) is 4.79 Å². The van der Waals surface area contributed by atoms with Gasteiger partial charge in [-0.05, 0) is 61.1 Å². The van der Waals surface area contributed by atoms with Crippen molar-refractivity contribution in [3.63, 3.8) is 0 Å². The molecule has 96 valence electrons. The maximum atomic E-state index is 12.5. The van der Waals surface area contributed by atoms with Crippen molar-refractivity contribution >= 4 is 21.7 Å². The van der Waals surface area contributed by atoms with Crippen LogP contribution in [0.15, 0.2) is 40.9 Å². The lowest BCUT2D eigenvalue weighted by molar-refractivity contribution is 0.103. The number of ketones is 1. The number of hydrogen-bond acceptors (Lipinski definition) is 1. The predicted octanol–water partition coefficient (Wildman–Crippen LogP) is 4.48. The van der Waals surface area contributed by atoms with E-state index in [1.165, 1.54) is 17.5 Å². The highest BCUT2D eigenvalue weighted by molar-refractivity contribution is 9.10. The van der Waals surface area contributed by atoms with Crippen LogP contribution in [0.25, 0.3) is 0 Å². The van der Waals surface area contributed by atoms with E-state index >= 15 is 0 Å². The molecule has 0 heterocycles. The topological polar surface area (TPSA) is 17.1 Å². The molecule has 0 aliphatic heterocycles. The van der Waals surface area contributed by atoms with Gasteiger partial charge in [0.05, 0.1) is 0 Å². The highest BCUT2D eigenvalue weighted by Gasteiger charge is 2.16. The van der Waals surface area contributed by atoms with Crippen molar-refractivity contribution in [2.24, 2.45) is 0 Å². The minimum atomic E-state index is 0.0987. The van der Waals surface area contributed by atoms with Gasteiger partial charge in [0.2, 0.25) is 0 Å². The Morgan fingerprint density at radius 1 is 1.05 bits per heavy atom. The zero-order valence-electron chi connectivity index (χ0n) is 10.9. The molecule has 0 amide bonds. The van der Waals surface area contributed by atoms with Crippen LogP contribution in [0, 0.1) is 6.92 Å². The molecule has 0 saturated carbocycles. The van der Waals surface area contributed by atoms with Crippen molar-refractivity contribution in [1.82, 2.24) is 0 Å². The molecule has 2 aromatic rings. The van der Waals surface area contributed by atoms with Gasteiger partial charge in [0, 0.05) is 15.6 Å². The van der Waals surface area contributed by atoms with Crippen LogP contribution in [0.2, 0.25) is 0 Å². The summed E-state index contributed by atoms with van der Waals surface area (Å²) < 4.78 is 0.873. The van der Waals surface area contributed by atoms with E-state index in [9.17, 15) is 4.79 Å². The average Bonchev–Trinajstić information content (AvgIpc) is 2.85. The second kappa shape index (κ2) is 4.93. The van der Waals surface area contributed by atoms with E-state index in [2.05, 4.69) is 28.1 Å². The number of carbonyl (C=O) groups excluding carboxylic acids is 1. The zero-order valence-corrected chi connectivity index (χ0v) is 12.5.